The van der Waals surface area contributed by atoms with Crippen LogP contribution < -0.4 is 0 Å². The zero-order chi connectivity index (χ0) is 14.7. The first-order valence-corrected chi connectivity index (χ1v) is 6.69. The zero-order valence-corrected chi connectivity index (χ0v) is 11.8. The molecule has 0 aliphatic carbocycles. The van der Waals surface area contributed by atoms with E-state index in [1.165, 1.54) is 12.0 Å². The van der Waals surface area contributed by atoms with Gasteiger partial charge in [-0.2, -0.15) is 0 Å². The van der Waals surface area contributed by atoms with E-state index in [0.29, 0.717) is 5.02 Å². The molecule has 0 saturated carbocycles. The summed E-state index contributed by atoms with van der Waals surface area (Å²) in [6.45, 7) is 0.159. The van der Waals surface area contributed by atoms with Crippen molar-refractivity contribution in [3.8, 4) is 0 Å². The number of likely N-dealkylation sites (tertiary alicyclic amines) is 1. The number of halogens is 1. The average Bonchev–Trinajstić information content (AvgIpc) is 2.82. The normalized spacial score (nSPS) is 21.9. The van der Waals surface area contributed by atoms with E-state index < -0.39 is 18.1 Å². The molecule has 108 valence electrons. The van der Waals surface area contributed by atoms with E-state index in [-0.39, 0.29) is 25.3 Å². The Kier molecular flexibility index (Phi) is 4.62. The van der Waals surface area contributed by atoms with Crippen molar-refractivity contribution in [3.63, 3.8) is 0 Å². The molecule has 1 aliphatic rings. The highest BCUT2D eigenvalue weighted by Gasteiger charge is 2.39. The summed E-state index contributed by atoms with van der Waals surface area (Å²) in [5.41, 5.74) is 0.810. The van der Waals surface area contributed by atoms with E-state index in [0.717, 1.165) is 5.56 Å². The predicted octanol–water partition coefficient (Wildman–Crippen LogP) is 1.02. The SMILES string of the molecule is COC(=O)C1CC(O)CN1C(=O)Cc1ccc(Cl)cc1. The van der Waals surface area contributed by atoms with Crippen molar-refractivity contribution in [2.45, 2.75) is 25.0 Å². The third kappa shape index (κ3) is 3.29. The summed E-state index contributed by atoms with van der Waals surface area (Å²) in [5, 5.41) is 10.2. The maximum atomic E-state index is 12.3. The van der Waals surface area contributed by atoms with Gasteiger partial charge in [0, 0.05) is 18.0 Å². The van der Waals surface area contributed by atoms with Crippen LogP contribution in [0.5, 0.6) is 0 Å². The number of carbonyl (C=O) groups is 2. The lowest BCUT2D eigenvalue weighted by molar-refractivity contribution is -0.150. The number of ether oxygens (including phenoxy) is 1. The fourth-order valence-corrected chi connectivity index (χ4v) is 2.45. The predicted molar refractivity (Wildman–Crippen MR) is 73.3 cm³/mol. The highest BCUT2D eigenvalue weighted by Crippen LogP contribution is 2.20. The molecule has 1 fully saturated rings. The van der Waals surface area contributed by atoms with Gasteiger partial charge >= 0.3 is 5.97 Å². The molecule has 0 radical (unpaired) electrons. The van der Waals surface area contributed by atoms with Crippen LogP contribution in [-0.2, 0) is 20.7 Å². The van der Waals surface area contributed by atoms with Crippen molar-refractivity contribution >= 4 is 23.5 Å². The monoisotopic (exact) mass is 297 g/mol. The molecule has 20 heavy (non-hydrogen) atoms. The van der Waals surface area contributed by atoms with Gasteiger partial charge in [0.15, 0.2) is 0 Å². The number of aliphatic hydroxyl groups is 1. The lowest BCUT2D eigenvalue weighted by Gasteiger charge is -2.22. The molecule has 0 spiro atoms. The Morgan fingerprint density at radius 1 is 1.40 bits per heavy atom. The van der Waals surface area contributed by atoms with Crippen LogP contribution in [0.1, 0.15) is 12.0 Å². The largest absolute Gasteiger partial charge is 0.467 e. The van der Waals surface area contributed by atoms with Gasteiger partial charge in [0.25, 0.3) is 0 Å². The van der Waals surface area contributed by atoms with Crippen LogP contribution in [0.4, 0.5) is 0 Å². The highest BCUT2D eigenvalue weighted by atomic mass is 35.5. The Hall–Kier alpha value is -1.59. The van der Waals surface area contributed by atoms with E-state index in [1.54, 1.807) is 24.3 Å². The van der Waals surface area contributed by atoms with Gasteiger partial charge in [0.05, 0.1) is 19.6 Å². The molecule has 2 rings (SSSR count). The molecule has 1 aliphatic heterocycles. The third-order valence-electron chi connectivity index (χ3n) is 3.34. The second kappa shape index (κ2) is 6.24. The standard InChI is InChI=1S/C14H16ClNO4/c1-20-14(19)12-7-11(17)8-16(12)13(18)6-9-2-4-10(15)5-3-9/h2-5,11-12,17H,6-8H2,1H3. The summed E-state index contributed by atoms with van der Waals surface area (Å²) >= 11 is 5.79. The number of amides is 1. The third-order valence-corrected chi connectivity index (χ3v) is 3.59. The quantitative estimate of drug-likeness (QED) is 0.846. The smallest absolute Gasteiger partial charge is 0.328 e. The Bertz CT molecular complexity index is 502. The van der Waals surface area contributed by atoms with E-state index in [2.05, 4.69) is 4.74 Å². The van der Waals surface area contributed by atoms with E-state index >= 15 is 0 Å². The molecule has 1 N–H and O–H groups in total. The fraction of sp³-hybridized carbons (Fsp3) is 0.429. The number of esters is 1. The first-order valence-electron chi connectivity index (χ1n) is 6.31. The zero-order valence-electron chi connectivity index (χ0n) is 11.1. The van der Waals surface area contributed by atoms with Crippen molar-refractivity contribution in [1.29, 1.82) is 0 Å². The summed E-state index contributed by atoms with van der Waals surface area (Å²) in [5.74, 6) is -0.703. The Morgan fingerprint density at radius 2 is 2.05 bits per heavy atom. The molecule has 1 heterocycles. The first kappa shape index (κ1) is 14.8. The Labute approximate surface area is 122 Å². The van der Waals surface area contributed by atoms with Crippen molar-refractivity contribution in [3.05, 3.63) is 34.9 Å². The molecular formula is C14H16ClNO4. The molecular weight excluding hydrogens is 282 g/mol. The van der Waals surface area contributed by atoms with Crippen molar-refractivity contribution in [2.24, 2.45) is 0 Å². The van der Waals surface area contributed by atoms with Gasteiger partial charge in [0.1, 0.15) is 6.04 Å². The molecule has 1 amide bonds. The van der Waals surface area contributed by atoms with Gasteiger partial charge in [-0.05, 0) is 17.7 Å². The molecule has 2 unspecified atom stereocenters. The minimum Gasteiger partial charge on any atom is -0.467 e. The molecule has 0 bridgehead atoms. The van der Waals surface area contributed by atoms with Crippen LogP contribution >= 0.6 is 11.6 Å². The van der Waals surface area contributed by atoms with Crippen LogP contribution in [0.2, 0.25) is 5.02 Å². The second-order valence-electron chi connectivity index (χ2n) is 4.78. The summed E-state index contributed by atoms with van der Waals surface area (Å²) in [6.07, 6.45) is -0.301. The number of rotatable bonds is 3. The van der Waals surface area contributed by atoms with Crippen LogP contribution in [0.25, 0.3) is 0 Å². The van der Waals surface area contributed by atoms with Gasteiger partial charge in [-0.3, -0.25) is 4.79 Å². The molecule has 1 saturated heterocycles. The maximum absolute atomic E-state index is 12.3. The van der Waals surface area contributed by atoms with E-state index in [1.807, 2.05) is 0 Å². The van der Waals surface area contributed by atoms with Crippen LogP contribution in [0.15, 0.2) is 24.3 Å². The van der Waals surface area contributed by atoms with Crippen LogP contribution in [-0.4, -0.2) is 47.7 Å². The second-order valence-corrected chi connectivity index (χ2v) is 5.21. The summed E-state index contributed by atoms with van der Waals surface area (Å²) in [4.78, 5) is 25.3. The minimum absolute atomic E-state index is 0.159. The number of methoxy groups -OCH3 is 1. The number of hydrogen-bond donors (Lipinski definition) is 1. The summed E-state index contributed by atoms with van der Waals surface area (Å²) in [6, 6.07) is 6.25. The summed E-state index contributed by atoms with van der Waals surface area (Å²) < 4.78 is 4.67. The van der Waals surface area contributed by atoms with Crippen molar-refractivity contribution < 1.29 is 19.4 Å². The number of hydrogen-bond acceptors (Lipinski definition) is 4. The Balaban J connectivity index is 2.07. The highest BCUT2D eigenvalue weighted by molar-refractivity contribution is 6.30. The topological polar surface area (TPSA) is 66.8 Å². The van der Waals surface area contributed by atoms with Crippen LogP contribution in [0.3, 0.4) is 0 Å². The minimum atomic E-state index is -0.699. The van der Waals surface area contributed by atoms with Gasteiger partial charge in [-0.1, -0.05) is 23.7 Å². The first-order chi connectivity index (χ1) is 9.51. The van der Waals surface area contributed by atoms with Gasteiger partial charge < -0.3 is 14.7 Å². The molecule has 0 aromatic heterocycles. The van der Waals surface area contributed by atoms with E-state index in [9.17, 15) is 14.7 Å². The number of aliphatic hydroxyl groups excluding tert-OH is 1. The molecule has 1 aromatic rings. The number of benzene rings is 1. The number of β-amino-alcohol motifs (C(OH)–C–C–N with tert-alkyl or cyclic N) is 1. The summed E-state index contributed by atoms with van der Waals surface area (Å²) in [7, 11) is 1.27. The van der Waals surface area contributed by atoms with Gasteiger partial charge in [-0.15, -0.1) is 0 Å². The molecule has 5 nitrogen and oxygen atoms in total. The van der Waals surface area contributed by atoms with Crippen molar-refractivity contribution in [2.75, 3.05) is 13.7 Å². The fourth-order valence-electron chi connectivity index (χ4n) is 2.33. The average molecular weight is 298 g/mol. The maximum Gasteiger partial charge on any atom is 0.328 e. The number of nitrogens with zero attached hydrogens (tertiary/aromatic N) is 1. The Morgan fingerprint density at radius 3 is 2.65 bits per heavy atom. The molecule has 2 atom stereocenters. The van der Waals surface area contributed by atoms with E-state index in [4.69, 9.17) is 11.6 Å². The van der Waals surface area contributed by atoms with Gasteiger partial charge in [0.2, 0.25) is 5.91 Å². The lowest BCUT2D eigenvalue weighted by atomic mass is 10.1. The lowest BCUT2D eigenvalue weighted by Crippen LogP contribution is -2.42. The van der Waals surface area contributed by atoms with Gasteiger partial charge in [-0.25, -0.2) is 4.79 Å². The molecule has 6 heteroatoms. The van der Waals surface area contributed by atoms with Crippen LogP contribution in [0, 0.1) is 0 Å². The molecule has 1 aromatic carbocycles. The number of carbonyl (C=O) groups excluding carboxylic acids is 2. The van der Waals surface area contributed by atoms with Crippen molar-refractivity contribution in [1.82, 2.24) is 4.90 Å².